The Morgan fingerprint density at radius 2 is 2.22 bits per heavy atom. The number of nitrogens with zero attached hydrogens (tertiary/aromatic N) is 1. The van der Waals surface area contributed by atoms with Gasteiger partial charge < -0.3 is 11.1 Å². The number of amides is 1. The zero-order valence-corrected chi connectivity index (χ0v) is 12.2. The van der Waals surface area contributed by atoms with E-state index in [1.807, 2.05) is 13.8 Å². The molecule has 1 aromatic rings. The molecule has 0 bridgehead atoms. The van der Waals surface area contributed by atoms with Gasteiger partial charge in [0.1, 0.15) is 10.7 Å². The average molecular weight is 269 g/mol. The van der Waals surface area contributed by atoms with Crippen molar-refractivity contribution in [3.05, 3.63) is 16.1 Å². The first kappa shape index (κ1) is 15.1. The number of carbonyl (C=O) groups excluding carboxylic acids is 1. The second-order valence-corrected chi connectivity index (χ2v) is 5.62. The number of aromatic nitrogens is 1. The summed E-state index contributed by atoms with van der Waals surface area (Å²) in [5, 5.41) is 5.55. The largest absolute Gasteiger partial charge is 0.348 e. The van der Waals surface area contributed by atoms with Crippen molar-refractivity contribution in [1.29, 1.82) is 0 Å². The third kappa shape index (κ3) is 4.74. The molecule has 4 nitrogen and oxygen atoms in total. The van der Waals surface area contributed by atoms with Crippen LogP contribution in [0.4, 0.5) is 0 Å². The van der Waals surface area contributed by atoms with E-state index in [1.165, 1.54) is 24.2 Å². The number of carbonyl (C=O) groups is 1. The highest BCUT2D eigenvalue weighted by molar-refractivity contribution is 7.09. The third-order valence-electron chi connectivity index (χ3n) is 2.76. The molecule has 0 aromatic carbocycles. The molecule has 0 aliphatic carbocycles. The molecule has 0 saturated carbocycles. The Kier molecular flexibility index (Phi) is 6.29. The fourth-order valence-electron chi connectivity index (χ4n) is 1.67. The van der Waals surface area contributed by atoms with Crippen molar-refractivity contribution in [3.8, 4) is 0 Å². The first-order valence-corrected chi connectivity index (χ1v) is 7.44. The molecule has 1 amide bonds. The second kappa shape index (κ2) is 7.48. The zero-order chi connectivity index (χ0) is 13.5. The summed E-state index contributed by atoms with van der Waals surface area (Å²) >= 11 is 1.44. The van der Waals surface area contributed by atoms with Gasteiger partial charge in [-0.1, -0.05) is 26.2 Å². The molecule has 1 aromatic heterocycles. The van der Waals surface area contributed by atoms with Crippen LogP contribution in [0.1, 0.15) is 68.0 Å². The topological polar surface area (TPSA) is 68.0 Å². The fraction of sp³-hybridized carbons (Fsp3) is 0.692. The predicted molar refractivity (Wildman–Crippen MR) is 75.8 cm³/mol. The summed E-state index contributed by atoms with van der Waals surface area (Å²) < 4.78 is 0. The molecule has 2 atom stereocenters. The number of nitrogens with one attached hydrogen (secondary N) is 1. The molecule has 0 fully saturated rings. The van der Waals surface area contributed by atoms with Crippen molar-refractivity contribution < 1.29 is 4.79 Å². The summed E-state index contributed by atoms with van der Waals surface area (Å²) in [6, 6.07) is 0.0861. The third-order valence-corrected chi connectivity index (χ3v) is 3.81. The maximum atomic E-state index is 11.9. The van der Waals surface area contributed by atoms with E-state index in [0.29, 0.717) is 5.69 Å². The van der Waals surface area contributed by atoms with Gasteiger partial charge in [-0.15, -0.1) is 11.3 Å². The lowest BCUT2D eigenvalue weighted by molar-refractivity contribution is 0.0933. The second-order valence-electron chi connectivity index (χ2n) is 4.73. The standard InChI is InChI=1S/C13H23N3OS/c1-4-5-6-7-9(2)15-12(17)11-8-18-13(16-11)10(3)14/h8-10H,4-7,14H2,1-3H3,(H,15,17). The predicted octanol–water partition coefficient (Wildman–Crippen LogP) is 2.86. The van der Waals surface area contributed by atoms with Crippen molar-refractivity contribution in [2.75, 3.05) is 0 Å². The molecule has 5 heteroatoms. The molecule has 1 rings (SSSR count). The molecular weight excluding hydrogens is 246 g/mol. The van der Waals surface area contributed by atoms with E-state index in [-0.39, 0.29) is 18.0 Å². The zero-order valence-electron chi connectivity index (χ0n) is 11.4. The molecule has 0 aliphatic heterocycles. The highest BCUT2D eigenvalue weighted by Crippen LogP contribution is 2.16. The Morgan fingerprint density at radius 1 is 1.50 bits per heavy atom. The van der Waals surface area contributed by atoms with Gasteiger partial charge in [-0.2, -0.15) is 0 Å². The lowest BCUT2D eigenvalue weighted by atomic mass is 10.1. The van der Waals surface area contributed by atoms with E-state index in [1.54, 1.807) is 5.38 Å². The molecular formula is C13H23N3OS. The molecule has 0 radical (unpaired) electrons. The van der Waals surface area contributed by atoms with Crippen molar-refractivity contribution in [3.63, 3.8) is 0 Å². The van der Waals surface area contributed by atoms with Crippen LogP contribution in [0.15, 0.2) is 5.38 Å². The van der Waals surface area contributed by atoms with Crippen LogP contribution in [0, 0.1) is 0 Å². The van der Waals surface area contributed by atoms with Gasteiger partial charge in [0.2, 0.25) is 0 Å². The van der Waals surface area contributed by atoms with Crippen LogP contribution in [0.25, 0.3) is 0 Å². The average Bonchev–Trinajstić information content (AvgIpc) is 2.78. The van der Waals surface area contributed by atoms with Crippen molar-refractivity contribution in [2.24, 2.45) is 5.73 Å². The van der Waals surface area contributed by atoms with E-state index >= 15 is 0 Å². The van der Waals surface area contributed by atoms with Crippen LogP contribution in [0.2, 0.25) is 0 Å². The summed E-state index contributed by atoms with van der Waals surface area (Å²) in [5.74, 6) is -0.0952. The Bertz CT molecular complexity index is 376. The monoisotopic (exact) mass is 269 g/mol. The Balaban J connectivity index is 2.43. The summed E-state index contributed by atoms with van der Waals surface area (Å²) in [4.78, 5) is 16.2. The Hall–Kier alpha value is -0.940. The number of hydrogen-bond acceptors (Lipinski definition) is 4. The summed E-state index contributed by atoms with van der Waals surface area (Å²) in [6.45, 7) is 6.08. The first-order chi connectivity index (χ1) is 8.54. The van der Waals surface area contributed by atoms with Crippen molar-refractivity contribution in [1.82, 2.24) is 10.3 Å². The van der Waals surface area contributed by atoms with Gasteiger partial charge in [0.15, 0.2) is 0 Å². The molecule has 0 spiro atoms. The van der Waals surface area contributed by atoms with Crippen LogP contribution in [-0.2, 0) is 0 Å². The number of hydrogen-bond donors (Lipinski definition) is 2. The van der Waals surface area contributed by atoms with E-state index in [9.17, 15) is 4.79 Å². The highest BCUT2D eigenvalue weighted by atomic mass is 32.1. The van der Waals surface area contributed by atoms with Crippen molar-refractivity contribution >= 4 is 17.2 Å². The number of unbranched alkanes of at least 4 members (excludes halogenated alkanes) is 2. The molecule has 0 saturated heterocycles. The number of nitrogens with two attached hydrogens (primary N) is 1. The lowest BCUT2D eigenvalue weighted by Gasteiger charge is -2.12. The van der Waals surface area contributed by atoms with Crippen LogP contribution >= 0.6 is 11.3 Å². The van der Waals surface area contributed by atoms with E-state index in [0.717, 1.165) is 17.8 Å². The van der Waals surface area contributed by atoms with Crippen LogP contribution in [0.5, 0.6) is 0 Å². The highest BCUT2D eigenvalue weighted by Gasteiger charge is 2.14. The first-order valence-electron chi connectivity index (χ1n) is 6.56. The summed E-state index contributed by atoms with van der Waals surface area (Å²) in [7, 11) is 0. The summed E-state index contributed by atoms with van der Waals surface area (Å²) in [6.07, 6.45) is 4.58. The van der Waals surface area contributed by atoms with Crippen LogP contribution in [-0.4, -0.2) is 16.9 Å². The van der Waals surface area contributed by atoms with Gasteiger partial charge in [0, 0.05) is 11.4 Å². The Morgan fingerprint density at radius 3 is 2.78 bits per heavy atom. The van der Waals surface area contributed by atoms with E-state index < -0.39 is 0 Å². The van der Waals surface area contributed by atoms with Gasteiger partial charge in [-0.05, 0) is 20.3 Å². The summed E-state index contributed by atoms with van der Waals surface area (Å²) in [5.41, 5.74) is 6.21. The van der Waals surface area contributed by atoms with Gasteiger partial charge in [-0.3, -0.25) is 4.79 Å². The normalized spacial score (nSPS) is 14.2. The lowest BCUT2D eigenvalue weighted by Crippen LogP contribution is -2.32. The van der Waals surface area contributed by atoms with Gasteiger partial charge in [0.25, 0.3) is 5.91 Å². The SMILES string of the molecule is CCCCCC(C)NC(=O)c1csc(C(C)N)n1. The molecule has 102 valence electrons. The quantitative estimate of drug-likeness (QED) is 0.748. The Labute approximate surface area is 113 Å². The minimum atomic E-state index is -0.112. The van der Waals surface area contributed by atoms with E-state index in [4.69, 9.17) is 5.73 Å². The molecule has 3 N–H and O–H groups in total. The van der Waals surface area contributed by atoms with Gasteiger partial charge >= 0.3 is 0 Å². The maximum Gasteiger partial charge on any atom is 0.270 e. The molecule has 18 heavy (non-hydrogen) atoms. The van der Waals surface area contributed by atoms with Gasteiger partial charge in [-0.25, -0.2) is 4.98 Å². The fourth-order valence-corrected chi connectivity index (χ4v) is 2.43. The van der Waals surface area contributed by atoms with Crippen LogP contribution < -0.4 is 11.1 Å². The van der Waals surface area contributed by atoms with Gasteiger partial charge in [0.05, 0.1) is 6.04 Å². The van der Waals surface area contributed by atoms with Crippen molar-refractivity contribution in [2.45, 2.75) is 58.5 Å². The van der Waals surface area contributed by atoms with E-state index in [2.05, 4.69) is 17.2 Å². The number of thiazole rings is 1. The minimum absolute atomic E-state index is 0.0952. The molecule has 1 heterocycles. The molecule has 0 aliphatic rings. The maximum absolute atomic E-state index is 11.9. The smallest absolute Gasteiger partial charge is 0.270 e. The molecule has 2 unspecified atom stereocenters. The minimum Gasteiger partial charge on any atom is -0.348 e. The van der Waals surface area contributed by atoms with Crippen LogP contribution in [0.3, 0.4) is 0 Å². The number of rotatable bonds is 7.